The van der Waals surface area contributed by atoms with Crippen molar-refractivity contribution in [3.63, 3.8) is 0 Å². The molecule has 0 spiro atoms. The van der Waals surface area contributed by atoms with Crippen molar-refractivity contribution in [1.82, 2.24) is 10.3 Å². The van der Waals surface area contributed by atoms with Crippen molar-refractivity contribution in [2.24, 2.45) is 0 Å². The lowest BCUT2D eigenvalue weighted by Gasteiger charge is -2.43. The van der Waals surface area contributed by atoms with E-state index in [2.05, 4.69) is 10.3 Å². The van der Waals surface area contributed by atoms with Crippen molar-refractivity contribution in [1.29, 1.82) is 0 Å². The molecule has 29 heavy (non-hydrogen) atoms. The Morgan fingerprint density at radius 3 is 2.17 bits per heavy atom. The van der Waals surface area contributed by atoms with Crippen LogP contribution in [-0.4, -0.2) is 71.2 Å². The second kappa shape index (κ2) is 9.94. The van der Waals surface area contributed by atoms with E-state index in [4.69, 9.17) is 18.9 Å². The highest BCUT2D eigenvalue weighted by Crippen LogP contribution is 2.26. The molecule has 2 heterocycles. The highest BCUT2D eigenvalue weighted by Gasteiger charge is 2.50. The van der Waals surface area contributed by atoms with E-state index >= 15 is 0 Å². The number of aliphatic hydroxyl groups is 1. The van der Waals surface area contributed by atoms with E-state index in [1.807, 2.05) is 0 Å². The fraction of sp³-hybridized carbons (Fsp3) is 0.500. The molecular formula is C18H22N2O9. The van der Waals surface area contributed by atoms with E-state index in [9.17, 15) is 24.3 Å². The molecule has 1 aliphatic heterocycles. The maximum Gasteiger partial charge on any atom is 0.303 e. The molecule has 1 aromatic rings. The number of carbonyl (C=O) groups excluding carboxylic acids is 4. The molecule has 0 aromatic carbocycles. The van der Waals surface area contributed by atoms with E-state index in [1.165, 1.54) is 31.5 Å². The Morgan fingerprint density at radius 1 is 1.03 bits per heavy atom. The Kier molecular flexibility index (Phi) is 7.62. The van der Waals surface area contributed by atoms with Crippen LogP contribution in [-0.2, 0) is 33.3 Å². The number of carbonyl (C=O) groups is 4. The Labute approximate surface area is 166 Å². The summed E-state index contributed by atoms with van der Waals surface area (Å²) >= 11 is 0. The molecule has 158 valence electrons. The number of rotatable bonds is 6. The lowest BCUT2D eigenvalue weighted by Crippen LogP contribution is -2.66. The number of pyridine rings is 1. The summed E-state index contributed by atoms with van der Waals surface area (Å²) in [4.78, 5) is 50.6. The minimum absolute atomic E-state index is 0.236. The molecule has 0 aliphatic carbocycles. The van der Waals surface area contributed by atoms with Gasteiger partial charge in [0.2, 0.25) is 0 Å². The van der Waals surface area contributed by atoms with Gasteiger partial charge in [0, 0.05) is 38.7 Å². The summed E-state index contributed by atoms with van der Waals surface area (Å²) in [7, 11) is 0. The average Bonchev–Trinajstić information content (AvgIpc) is 2.65. The zero-order valence-corrected chi connectivity index (χ0v) is 16.1. The number of aliphatic hydroxyl groups excluding tert-OH is 1. The highest BCUT2D eigenvalue weighted by atomic mass is 16.7. The van der Waals surface area contributed by atoms with E-state index in [1.54, 1.807) is 0 Å². The lowest BCUT2D eigenvalue weighted by molar-refractivity contribution is -0.263. The second-order valence-electron chi connectivity index (χ2n) is 6.25. The monoisotopic (exact) mass is 410 g/mol. The van der Waals surface area contributed by atoms with Gasteiger partial charge >= 0.3 is 17.9 Å². The van der Waals surface area contributed by atoms with Crippen molar-refractivity contribution in [2.45, 2.75) is 51.4 Å². The van der Waals surface area contributed by atoms with Gasteiger partial charge in [0.05, 0.1) is 0 Å². The van der Waals surface area contributed by atoms with Crippen LogP contribution in [0.5, 0.6) is 0 Å². The predicted molar refractivity (Wildman–Crippen MR) is 94.1 cm³/mol. The van der Waals surface area contributed by atoms with Gasteiger partial charge in [-0.2, -0.15) is 0 Å². The minimum atomic E-state index is -1.64. The van der Waals surface area contributed by atoms with Crippen molar-refractivity contribution in [2.75, 3.05) is 6.61 Å². The van der Waals surface area contributed by atoms with Gasteiger partial charge in [0.25, 0.3) is 5.91 Å². The number of ether oxygens (including phenoxy) is 4. The Morgan fingerprint density at radius 2 is 1.62 bits per heavy atom. The number of esters is 3. The topological polar surface area (TPSA) is 150 Å². The standard InChI is InChI=1S/C18H22N2O9/c1-9(21)26-8-13-15(27-10(2)22)16(28-11(3)23)14(18(25)29-13)20-17(24)12-4-6-19-7-5-12/h4-7,13-16,18,25H,8H2,1-3H3,(H,20,24)/t13-,14-,15-,16-,18-/m1/s1. The quantitative estimate of drug-likeness (QED) is 0.456. The van der Waals surface area contributed by atoms with Crippen LogP contribution < -0.4 is 5.32 Å². The van der Waals surface area contributed by atoms with Gasteiger partial charge in [-0.15, -0.1) is 0 Å². The van der Waals surface area contributed by atoms with Crippen LogP contribution in [0.25, 0.3) is 0 Å². The van der Waals surface area contributed by atoms with Gasteiger partial charge in [0.15, 0.2) is 18.5 Å². The zero-order chi connectivity index (χ0) is 21.6. The fourth-order valence-electron chi connectivity index (χ4n) is 2.81. The van der Waals surface area contributed by atoms with Crippen LogP contribution in [0.15, 0.2) is 24.5 Å². The number of aromatic nitrogens is 1. The summed E-state index contributed by atoms with van der Waals surface area (Å²) in [6.45, 7) is 3.05. The first-order valence-electron chi connectivity index (χ1n) is 8.71. The lowest BCUT2D eigenvalue weighted by atomic mass is 9.96. The zero-order valence-electron chi connectivity index (χ0n) is 16.1. The van der Waals surface area contributed by atoms with Crippen molar-refractivity contribution >= 4 is 23.8 Å². The Bertz CT molecular complexity index is 755. The Hall–Kier alpha value is -3.05. The van der Waals surface area contributed by atoms with Crippen molar-refractivity contribution in [3.8, 4) is 0 Å². The third-order valence-electron chi connectivity index (χ3n) is 3.96. The molecule has 0 radical (unpaired) electrons. The maximum atomic E-state index is 12.5. The molecule has 11 nitrogen and oxygen atoms in total. The summed E-state index contributed by atoms with van der Waals surface area (Å²) < 4.78 is 20.7. The number of hydrogen-bond acceptors (Lipinski definition) is 10. The predicted octanol–water partition coefficient (Wildman–Crippen LogP) is -0.676. The van der Waals surface area contributed by atoms with Gasteiger partial charge < -0.3 is 29.4 Å². The molecule has 0 unspecified atom stereocenters. The second-order valence-corrected chi connectivity index (χ2v) is 6.25. The minimum Gasteiger partial charge on any atom is -0.463 e. The van der Waals surface area contributed by atoms with E-state index in [0.29, 0.717) is 0 Å². The van der Waals surface area contributed by atoms with Crippen molar-refractivity contribution < 1.29 is 43.2 Å². The summed E-state index contributed by atoms with van der Waals surface area (Å²) in [5.41, 5.74) is 0.236. The first-order valence-corrected chi connectivity index (χ1v) is 8.71. The summed E-state index contributed by atoms with van der Waals surface area (Å²) in [6, 6.07) is 1.62. The molecule has 2 rings (SSSR count). The highest BCUT2D eigenvalue weighted by molar-refractivity contribution is 5.94. The third-order valence-corrected chi connectivity index (χ3v) is 3.96. The number of amides is 1. The molecule has 11 heteroatoms. The van der Waals surface area contributed by atoms with Crippen molar-refractivity contribution in [3.05, 3.63) is 30.1 Å². The van der Waals surface area contributed by atoms with Crippen LogP contribution >= 0.6 is 0 Å². The van der Waals surface area contributed by atoms with Gasteiger partial charge in [-0.1, -0.05) is 0 Å². The molecule has 5 atom stereocenters. The molecule has 0 bridgehead atoms. The first kappa shape index (κ1) is 22.2. The first-order chi connectivity index (χ1) is 13.7. The molecule has 1 saturated heterocycles. The van der Waals surface area contributed by atoms with Crippen LogP contribution in [0, 0.1) is 0 Å². The van der Waals surface area contributed by atoms with Gasteiger partial charge in [-0.05, 0) is 12.1 Å². The van der Waals surface area contributed by atoms with Crippen LogP contribution in [0.3, 0.4) is 0 Å². The molecule has 1 aliphatic rings. The fourth-order valence-corrected chi connectivity index (χ4v) is 2.81. The molecule has 1 aromatic heterocycles. The van der Waals surface area contributed by atoms with Crippen LogP contribution in [0.4, 0.5) is 0 Å². The number of hydrogen-bond donors (Lipinski definition) is 2. The van der Waals surface area contributed by atoms with Crippen LogP contribution in [0.2, 0.25) is 0 Å². The summed E-state index contributed by atoms with van der Waals surface area (Å²) in [6.07, 6.45) is -2.51. The van der Waals surface area contributed by atoms with Gasteiger partial charge in [-0.3, -0.25) is 24.2 Å². The Balaban J connectivity index is 2.30. The molecular weight excluding hydrogens is 388 g/mol. The smallest absolute Gasteiger partial charge is 0.303 e. The summed E-state index contributed by atoms with van der Waals surface area (Å²) in [5.74, 6) is -2.69. The average molecular weight is 410 g/mol. The normalized spacial score (nSPS) is 26.1. The summed E-state index contributed by atoms with van der Waals surface area (Å²) in [5, 5.41) is 12.9. The van der Waals surface area contributed by atoms with Gasteiger partial charge in [-0.25, -0.2) is 0 Å². The number of nitrogens with one attached hydrogen (secondary N) is 1. The molecule has 0 saturated carbocycles. The molecule has 2 N–H and O–H groups in total. The third kappa shape index (κ3) is 6.22. The van der Waals surface area contributed by atoms with E-state index in [0.717, 1.165) is 13.8 Å². The van der Waals surface area contributed by atoms with Crippen LogP contribution in [0.1, 0.15) is 31.1 Å². The molecule has 1 fully saturated rings. The van der Waals surface area contributed by atoms with E-state index in [-0.39, 0.29) is 12.2 Å². The largest absolute Gasteiger partial charge is 0.463 e. The van der Waals surface area contributed by atoms with E-state index < -0.39 is 54.5 Å². The maximum absolute atomic E-state index is 12.5. The van der Waals surface area contributed by atoms with Gasteiger partial charge in [0.1, 0.15) is 18.8 Å². The molecule has 1 amide bonds. The SMILES string of the molecule is CC(=O)OC[C@H]1O[C@@H](O)[C@H](NC(=O)c2ccncc2)[C@@H](OC(C)=O)[C@@H]1OC(C)=O. The number of nitrogens with zero attached hydrogens (tertiary/aromatic N) is 1.